The Balaban J connectivity index is 0.000000541. The largest absolute Gasteiger partial charge is 0.483 e. The Bertz CT molecular complexity index is 1420. The lowest BCUT2D eigenvalue weighted by atomic mass is 9.86. The molecule has 4 heterocycles. The summed E-state index contributed by atoms with van der Waals surface area (Å²) in [6.45, 7) is 4.12. The first-order chi connectivity index (χ1) is 18.8. The quantitative estimate of drug-likeness (QED) is 0.302. The molecular formula is C29H36N4O6. The number of aryl methyl sites for hydroxylation is 1. The molecule has 1 saturated carbocycles. The third-order valence-corrected chi connectivity index (χ3v) is 7.98. The summed E-state index contributed by atoms with van der Waals surface area (Å²) in [5, 5.41) is 26.3. The van der Waals surface area contributed by atoms with E-state index in [1.807, 2.05) is 12.1 Å². The van der Waals surface area contributed by atoms with Crippen molar-refractivity contribution in [2.75, 3.05) is 11.9 Å². The first kappa shape index (κ1) is 28.1. The van der Waals surface area contributed by atoms with Gasteiger partial charge in [0.25, 0.3) is 12.9 Å². The highest BCUT2D eigenvalue weighted by atomic mass is 16.3. The molecule has 10 heteroatoms. The van der Waals surface area contributed by atoms with E-state index in [-0.39, 0.29) is 12.9 Å². The van der Waals surface area contributed by atoms with Crippen LogP contribution >= 0.6 is 0 Å². The van der Waals surface area contributed by atoms with E-state index in [1.165, 1.54) is 24.1 Å². The fraction of sp³-hybridized carbons (Fsp3) is 0.448. The van der Waals surface area contributed by atoms with Crippen molar-refractivity contribution in [3.05, 3.63) is 53.8 Å². The van der Waals surface area contributed by atoms with Crippen LogP contribution < -0.4 is 4.90 Å². The lowest BCUT2D eigenvalue weighted by molar-refractivity contribution is -0.123. The molecule has 0 spiro atoms. The fourth-order valence-corrected chi connectivity index (χ4v) is 5.97. The summed E-state index contributed by atoms with van der Waals surface area (Å²) in [6, 6.07) is 9.17. The topological polar surface area (TPSA) is 142 Å². The molecule has 1 aliphatic heterocycles. The van der Waals surface area contributed by atoms with Crippen LogP contribution in [0.5, 0.6) is 0 Å². The number of benzene rings is 1. The van der Waals surface area contributed by atoms with Gasteiger partial charge in [-0.15, -0.1) is 0 Å². The molecule has 4 unspecified atom stereocenters. The molecule has 6 rings (SSSR count). The van der Waals surface area contributed by atoms with Gasteiger partial charge >= 0.3 is 0 Å². The van der Waals surface area contributed by atoms with Crippen LogP contribution in [0.15, 0.2) is 41.1 Å². The number of hydrogen-bond donors (Lipinski definition) is 3. The second-order valence-electron chi connectivity index (χ2n) is 10.4. The van der Waals surface area contributed by atoms with Crippen LogP contribution in [-0.4, -0.2) is 55.9 Å². The van der Waals surface area contributed by atoms with Gasteiger partial charge in [0.15, 0.2) is 11.7 Å². The summed E-state index contributed by atoms with van der Waals surface area (Å²) in [6.07, 6.45) is 9.34. The summed E-state index contributed by atoms with van der Waals surface area (Å²) >= 11 is 0. The number of rotatable bonds is 3. The van der Waals surface area contributed by atoms with Gasteiger partial charge in [-0.2, -0.15) is 0 Å². The zero-order chi connectivity index (χ0) is 28.1. The molecule has 208 valence electrons. The van der Waals surface area contributed by atoms with Gasteiger partial charge in [0.1, 0.15) is 5.82 Å². The number of anilines is 1. The highest BCUT2D eigenvalue weighted by Gasteiger charge is 2.31. The number of carbonyl (C=O) groups is 2. The van der Waals surface area contributed by atoms with E-state index < -0.39 is 6.10 Å². The van der Waals surface area contributed by atoms with Crippen molar-refractivity contribution in [1.82, 2.24) is 14.5 Å². The zero-order valence-electron chi connectivity index (χ0n) is 22.5. The van der Waals surface area contributed by atoms with Crippen molar-refractivity contribution in [2.24, 2.45) is 5.92 Å². The summed E-state index contributed by atoms with van der Waals surface area (Å²) in [4.78, 5) is 28.8. The minimum absolute atomic E-state index is 0.250. The first-order valence-electron chi connectivity index (χ1n) is 13.3. The molecule has 3 N–H and O–H groups in total. The molecule has 0 amide bonds. The van der Waals surface area contributed by atoms with Crippen LogP contribution in [0.3, 0.4) is 0 Å². The normalized spacial score (nSPS) is 21.2. The molecule has 1 aromatic carbocycles. The van der Waals surface area contributed by atoms with Crippen molar-refractivity contribution >= 4 is 40.6 Å². The van der Waals surface area contributed by atoms with Gasteiger partial charge in [-0.3, -0.25) is 14.6 Å². The van der Waals surface area contributed by atoms with E-state index in [1.54, 1.807) is 12.5 Å². The summed E-state index contributed by atoms with van der Waals surface area (Å²) in [5.74, 6) is 1.39. The number of nitrogens with zero attached hydrogens (tertiary/aromatic N) is 4. The number of aromatic nitrogens is 3. The van der Waals surface area contributed by atoms with Gasteiger partial charge in [-0.05, 0) is 62.8 Å². The average molecular weight is 537 g/mol. The Hall–Kier alpha value is -3.92. The van der Waals surface area contributed by atoms with Crippen LogP contribution in [0.2, 0.25) is 0 Å². The minimum atomic E-state index is -0.884. The second-order valence-corrected chi connectivity index (χ2v) is 10.4. The lowest BCUT2D eigenvalue weighted by Gasteiger charge is -2.34. The number of aliphatic hydroxyl groups excluding tert-OH is 1. The number of furan rings is 1. The van der Waals surface area contributed by atoms with Gasteiger partial charge in [0.2, 0.25) is 0 Å². The number of carboxylic acid groups (broad SMARTS) is 2. The Kier molecular flexibility index (Phi) is 8.86. The maximum atomic E-state index is 11.6. The van der Waals surface area contributed by atoms with Crippen LogP contribution in [-0.2, 0) is 16.0 Å². The van der Waals surface area contributed by atoms with Gasteiger partial charge in [0, 0.05) is 35.8 Å². The highest BCUT2D eigenvalue weighted by molar-refractivity contribution is 5.86. The monoisotopic (exact) mass is 536 g/mol. The molecule has 10 nitrogen and oxygen atoms in total. The zero-order valence-corrected chi connectivity index (χ0v) is 22.5. The van der Waals surface area contributed by atoms with E-state index in [2.05, 4.69) is 47.5 Å². The van der Waals surface area contributed by atoms with E-state index in [9.17, 15) is 5.11 Å². The van der Waals surface area contributed by atoms with Crippen molar-refractivity contribution in [3.63, 3.8) is 0 Å². The van der Waals surface area contributed by atoms with Crippen molar-refractivity contribution in [1.29, 1.82) is 0 Å². The molecule has 2 aliphatic rings. The Morgan fingerprint density at radius 2 is 1.85 bits per heavy atom. The molecule has 0 saturated heterocycles. The number of pyridine rings is 1. The molecular weight excluding hydrogens is 500 g/mol. The van der Waals surface area contributed by atoms with Crippen molar-refractivity contribution in [2.45, 2.75) is 70.6 Å². The maximum Gasteiger partial charge on any atom is 0.290 e. The van der Waals surface area contributed by atoms with Crippen LogP contribution in [0.4, 0.5) is 5.69 Å². The molecule has 1 fully saturated rings. The number of imidazole rings is 1. The third kappa shape index (κ3) is 5.61. The highest BCUT2D eigenvalue weighted by Crippen LogP contribution is 2.41. The molecule has 4 aromatic rings. The van der Waals surface area contributed by atoms with Crippen molar-refractivity contribution < 1.29 is 29.3 Å². The lowest BCUT2D eigenvalue weighted by Crippen LogP contribution is -2.33. The molecule has 1 aliphatic carbocycles. The first-order valence-corrected chi connectivity index (χ1v) is 13.3. The predicted octanol–water partition coefficient (Wildman–Crippen LogP) is 5.18. The molecule has 0 radical (unpaired) electrons. The van der Waals surface area contributed by atoms with Crippen LogP contribution in [0.25, 0.3) is 22.0 Å². The Labute approximate surface area is 226 Å². The SMILES string of the molecule is CC1CCCC(n2c(C(O)c3cc4ccoc4cn3)nc3c4c(ccc32)N(C)C(C)CC4)C1.O=CO.O=CO. The third-order valence-electron chi connectivity index (χ3n) is 7.98. The van der Waals surface area contributed by atoms with E-state index in [0.29, 0.717) is 29.5 Å². The van der Waals surface area contributed by atoms with Gasteiger partial charge in [0.05, 0.1) is 29.2 Å². The summed E-state index contributed by atoms with van der Waals surface area (Å²) < 4.78 is 7.79. The number of hydrogen-bond acceptors (Lipinski definition) is 7. The second kappa shape index (κ2) is 12.3. The number of aliphatic hydroxyl groups is 1. The fourth-order valence-electron chi connectivity index (χ4n) is 5.97. The van der Waals surface area contributed by atoms with Gasteiger partial charge in [-0.1, -0.05) is 19.8 Å². The van der Waals surface area contributed by atoms with Crippen LogP contribution in [0.1, 0.15) is 75.2 Å². The smallest absolute Gasteiger partial charge is 0.290 e. The average Bonchev–Trinajstić information content (AvgIpc) is 3.55. The molecule has 4 atom stereocenters. The standard InChI is InChI=1S/C27H32N4O2.2CH2O2/c1-16-5-4-6-19(13-16)31-23-10-9-22-20(8-7-17(2)30(22)3)25(23)29-27(31)26(32)21-14-18-11-12-33-24(18)15-28-21;2*2-1-3/h9-12,14-17,19,26,32H,4-8,13H2,1-3H3;2*1H,(H,2,3). The van der Waals surface area contributed by atoms with Crippen molar-refractivity contribution in [3.8, 4) is 0 Å². The maximum absolute atomic E-state index is 11.6. The Morgan fingerprint density at radius 3 is 2.56 bits per heavy atom. The Morgan fingerprint density at radius 1 is 1.10 bits per heavy atom. The van der Waals surface area contributed by atoms with E-state index in [4.69, 9.17) is 29.2 Å². The molecule has 3 aromatic heterocycles. The number of fused-ring (bicyclic) bond motifs is 4. The summed E-state index contributed by atoms with van der Waals surface area (Å²) in [5.41, 5.74) is 6.11. The predicted molar refractivity (Wildman–Crippen MR) is 148 cm³/mol. The van der Waals surface area contributed by atoms with Gasteiger partial charge < -0.3 is 29.2 Å². The van der Waals surface area contributed by atoms with E-state index in [0.717, 1.165) is 47.7 Å². The molecule has 0 bridgehead atoms. The summed E-state index contributed by atoms with van der Waals surface area (Å²) in [7, 11) is 2.17. The van der Waals surface area contributed by atoms with Crippen LogP contribution in [0, 0.1) is 5.92 Å². The van der Waals surface area contributed by atoms with Gasteiger partial charge in [-0.25, -0.2) is 4.98 Å². The van der Waals surface area contributed by atoms with E-state index >= 15 is 0 Å². The minimum Gasteiger partial charge on any atom is -0.483 e. The molecule has 39 heavy (non-hydrogen) atoms.